The van der Waals surface area contributed by atoms with Crippen LogP contribution in [-0.2, 0) is 29.5 Å². The molecule has 4 rings (SSSR count). The third-order valence-electron chi connectivity index (χ3n) is 5.84. The maximum absolute atomic E-state index is 13.4. The van der Waals surface area contributed by atoms with E-state index in [1.54, 1.807) is 22.8 Å². The number of benzene rings is 1. The fourth-order valence-electron chi connectivity index (χ4n) is 4.40. The Labute approximate surface area is 195 Å². The van der Waals surface area contributed by atoms with Crippen molar-refractivity contribution >= 4 is 15.7 Å². The van der Waals surface area contributed by atoms with Gasteiger partial charge in [0.2, 0.25) is 10.0 Å². The number of hydrogen-bond donors (Lipinski definition) is 1. The van der Waals surface area contributed by atoms with Crippen molar-refractivity contribution in [1.82, 2.24) is 19.3 Å². The lowest BCUT2D eigenvalue weighted by atomic mass is 10.1. The summed E-state index contributed by atoms with van der Waals surface area (Å²) in [4.78, 5) is 14.0. The first-order valence-corrected chi connectivity index (χ1v) is 12.7. The average Bonchev–Trinajstić information content (AvgIpc) is 3.14. The van der Waals surface area contributed by atoms with Gasteiger partial charge in [0.25, 0.3) is 0 Å². The van der Waals surface area contributed by atoms with Crippen LogP contribution in [0.2, 0.25) is 0 Å². The van der Waals surface area contributed by atoms with Gasteiger partial charge in [0.05, 0.1) is 35.8 Å². The highest BCUT2D eigenvalue weighted by molar-refractivity contribution is 7.89. The fourth-order valence-corrected chi connectivity index (χ4v) is 6.08. The molecule has 0 fully saturated rings. The standard InChI is InChI=1S/C24H28N6O2S/c1-3-9-33(31,32)30-15-21-10-19(12-25)6-7-24(21)29(16-22-14-27-18(2)28-22)17-23(30)11-20-5-4-8-26-13-20/h4-8,10,13-14,23H,3,9,11,15-17H2,1-2H3,(H,27,28)/t23-/m1/s1. The molecule has 0 aliphatic carbocycles. The third-order valence-corrected chi connectivity index (χ3v) is 7.91. The molecule has 9 heteroatoms. The second kappa shape index (κ2) is 9.73. The number of aromatic amines is 1. The molecule has 0 bridgehead atoms. The van der Waals surface area contributed by atoms with Gasteiger partial charge < -0.3 is 9.88 Å². The van der Waals surface area contributed by atoms with Crippen LogP contribution in [-0.4, -0.2) is 46.0 Å². The number of fused-ring (bicyclic) bond motifs is 1. The molecule has 0 saturated heterocycles. The number of aromatic nitrogens is 3. The first-order valence-electron chi connectivity index (χ1n) is 11.1. The Balaban J connectivity index is 1.79. The summed E-state index contributed by atoms with van der Waals surface area (Å²) in [5.41, 5.74) is 4.22. The number of hydrogen-bond acceptors (Lipinski definition) is 6. The minimum absolute atomic E-state index is 0.0869. The molecular formula is C24H28N6O2S. The first-order chi connectivity index (χ1) is 15.9. The Kier molecular flexibility index (Phi) is 6.77. The van der Waals surface area contributed by atoms with Crippen LogP contribution in [0.25, 0.3) is 0 Å². The third kappa shape index (κ3) is 5.24. The summed E-state index contributed by atoms with van der Waals surface area (Å²) in [5, 5.41) is 9.45. The zero-order valence-electron chi connectivity index (χ0n) is 18.9. The van der Waals surface area contributed by atoms with Crippen molar-refractivity contribution in [2.24, 2.45) is 0 Å². The van der Waals surface area contributed by atoms with Crippen molar-refractivity contribution in [2.75, 3.05) is 17.2 Å². The number of nitrogens with zero attached hydrogens (tertiary/aromatic N) is 5. The lowest BCUT2D eigenvalue weighted by Gasteiger charge is -2.32. The number of aryl methyl sites for hydroxylation is 1. The van der Waals surface area contributed by atoms with Gasteiger partial charge in [-0.3, -0.25) is 4.98 Å². The Morgan fingerprint density at radius 1 is 1.27 bits per heavy atom. The highest BCUT2D eigenvalue weighted by atomic mass is 32.2. The van der Waals surface area contributed by atoms with Crippen LogP contribution >= 0.6 is 0 Å². The highest BCUT2D eigenvalue weighted by Gasteiger charge is 2.35. The fraction of sp³-hybridized carbons (Fsp3) is 0.375. The quantitative estimate of drug-likeness (QED) is 0.576. The molecular weight excluding hydrogens is 436 g/mol. The van der Waals surface area contributed by atoms with E-state index in [9.17, 15) is 13.7 Å². The lowest BCUT2D eigenvalue weighted by Crippen LogP contribution is -2.46. The van der Waals surface area contributed by atoms with E-state index in [1.165, 1.54) is 0 Å². The molecule has 1 aromatic carbocycles. The number of imidazole rings is 1. The monoisotopic (exact) mass is 464 g/mol. The van der Waals surface area contributed by atoms with Gasteiger partial charge in [-0.2, -0.15) is 9.57 Å². The first kappa shape index (κ1) is 23.0. The van der Waals surface area contributed by atoms with Crippen LogP contribution in [0.5, 0.6) is 0 Å². The number of sulfonamides is 1. The van der Waals surface area contributed by atoms with E-state index in [0.29, 0.717) is 31.5 Å². The van der Waals surface area contributed by atoms with Gasteiger partial charge >= 0.3 is 0 Å². The molecule has 1 N–H and O–H groups in total. The molecule has 0 unspecified atom stereocenters. The molecule has 3 aromatic rings. The summed E-state index contributed by atoms with van der Waals surface area (Å²) in [5.74, 6) is 0.919. The van der Waals surface area contributed by atoms with Crippen LogP contribution in [0.4, 0.5) is 5.69 Å². The molecule has 0 saturated carbocycles. The minimum atomic E-state index is -3.50. The zero-order chi connectivity index (χ0) is 23.4. The average molecular weight is 465 g/mol. The van der Waals surface area contributed by atoms with Crippen LogP contribution in [0.3, 0.4) is 0 Å². The van der Waals surface area contributed by atoms with Crippen molar-refractivity contribution in [1.29, 1.82) is 5.26 Å². The number of anilines is 1. The normalized spacial score (nSPS) is 16.8. The van der Waals surface area contributed by atoms with Crippen LogP contribution in [0.1, 0.15) is 41.6 Å². The summed E-state index contributed by atoms with van der Waals surface area (Å²) in [7, 11) is -3.50. The second-order valence-electron chi connectivity index (χ2n) is 8.41. The van der Waals surface area contributed by atoms with Gasteiger partial charge in [-0.15, -0.1) is 0 Å². The van der Waals surface area contributed by atoms with E-state index < -0.39 is 10.0 Å². The van der Waals surface area contributed by atoms with Gasteiger partial charge in [-0.1, -0.05) is 13.0 Å². The van der Waals surface area contributed by atoms with Crippen molar-refractivity contribution in [3.8, 4) is 6.07 Å². The molecule has 33 heavy (non-hydrogen) atoms. The molecule has 2 aromatic heterocycles. The Hall–Kier alpha value is -3.22. The Morgan fingerprint density at radius 2 is 2.12 bits per heavy atom. The predicted molar refractivity (Wildman–Crippen MR) is 127 cm³/mol. The number of nitriles is 1. The van der Waals surface area contributed by atoms with E-state index in [2.05, 4.69) is 25.9 Å². The molecule has 0 amide bonds. The van der Waals surface area contributed by atoms with E-state index in [0.717, 1.165) is 28.3 Å². The summed E-state index contributed by atoms with van der Waals surface area (Å²) >= 11 is 0. The summed E-state index contributed by atoms with van der Waals surface area (Å²) < 4.78 is 28.4. The van der Waals surface area contributed by atoms with E-state index in [1.807, 2.05) is 44.3 Å². The van der Waals surface area contributed by atoms with Crippen molar-refractivity contribution in [3.05, 3.63) is 77.1 Å². The van der Waals surface area contributed by atoms with Crippen LogP contribution in [0.15, 0.2) is 48.9 Å². The highest BCUT2D eigenvalue weighted by Crippen LogP contribution is 2.32. The van der Waals surface area contributed by atoms with Crippen molar-refractivity contribution < 1.29 is 8.42 Å². The molecule has 1 atom stereocenters. The topological polar surface area (TPSA) is 106 Å². The lowest BCUT2D eigenvalue weighted by molar-refractivity contribution is 0.317. The number of pyridine rings is 1. The van der Waals surface area contributed by atoms with Gasteiger partial charge in [0, 0.05) is 37.2 Å². The largest absolute Gasteiger partial charge is 0.364 e. The second-order valence-corrected chi connectivity index (χ2v) is 10.5. The SMILES string of the molecule is CCCS(=O)(=O)N1Cc2cc(C#N)ccc2N(Cc2cnc(C)[nH]2)C[C@H]1Cc1cccnc1. The van der Waals surface area contributed by atoms with Gasteiger partial charge in [0.15, 0.2) is 0 Å². The maximum Gasteiger partial charge on any atom is 0.214 e. The molecule has 1 aliphatic heterocycles. The summed E-state index contributed by atoms with van der Waals surface area (Å²) in [6.45, 7) is 5.08. The molecule has 1 aliphatic rings. The zero-order valence-corrected chi connectivity index (χ0v) is 19.7. The van der Waals surface area contributed by atoms with Gasteiger partial charge in [-0.05, 0) is 55.2 Å². The number of H-pyrrole nitrogens is 1. The molecule has 8 nitrogen and oxygen atoms in total. The maximum atomic E-state index is 13.4. The van der Waals surface area contributed by atoms with Crippen LogP contribution < -0.4 is 4.90 Å². The van der Waals surface area contributed by atoms with E-state index in [4.69, 9.17) is 0 Å². The van der Waals surface area contributed by atoms with E-state index >= 15 is 0 Å². The predicted octanol–water partition coefficient (Wildman–Crippen LogP) is 3.16. The Morgan fingerprint density at radius 3 is 2.79 bits per heavy atom. The van der Waals surface area contributed by atoms with Crippen molar-refractivity contribution in [2.45, 2.75) is 45.8 Å². The molecule has 0 radical (unpaired) electrons. The number of nitrogens with one attached hydrogen (secondary N) is 1. The van der Waals surface area contributed by atoms with Gasteiger partial charge in [0.1, 0.15) is 5.82 Å². The smallest absolute Gasteiger partial charge is 0.214 e. The molecule has 0 spiro atoms. The summed E-state index contributed by atoms with van der Waals surface area (Å²) in [6, 6.07) is 11.3. The molecule has 3 heterocycles. The summed E-state index contributed by atoms with van der Waals surface area (Å²) in [6.07, 6.45) is 6.41. The van der Waals surface area contributed by atoms with Crippen LogP contribution in [0, 0.1) is 18.3 Å². The Bertz CT molecular complexity index is 1250. The molecule has 172 valence electrons. The van der Waals surface area contributed by atoms with Crippen molar-refractivity contribution in [3.63, 3.8) is 0 Å². The van der Waals surface area contributed by atoms with Gasteiger partial charge in [-0.25, -0.2) is 13.4 Å². The van der Waals surface area contributed by atoms with E-state index in [-0.39, 0.29) is 18.3 Å². The minimum Gasteiger partial charge on any atom is -0.364 e. The number of rotatable bonds is 7.